The van der Waals surface area contributed by atoms with Crippen molar-refractivity contribution in [3.63, 3.8) is 0 Å². The lowest BCUT2D eigenvalue weighted by Gasteiger charge is -2.22. The number of carbonyl (C=O) groups is 2. The number of ether oxygens (including phenoxy) is 1. The summed E-state index contributed by atoms with van der Waals surface area (Å²) in [7, 11) is 1.59. The number of thiophene rings is 1. The van der Waals surface area contributed by atoms with Crippen LogP contribution in [0.15, 0.2) is 41.1 Å². The molecule has 2 heterocycles. The van der Waals surface area contributed by atoms with Crippen molar-refractivity contribution in [1.29, 1.82) is 0 Å². The summed E-state index contributed by atoms with van der Waals surface area (Å²) >= 11 is 3.06. The molecular weight excluding hydrogens is 332 g/mol. The molecule has 0 bridgehead atoms. The summed E-state index contributed by atoms with van der Waals surface area (Å²) < 4.78 is 5.10. The second kappa shape index (κ2) is 7.06. The van der Waals surface area contributed by atoms with Gasteiger partial charge in [-0.15, -0.1) is 11.8 Å². The smallest absolute Gasteiger partial charge is 0.256 e. The van der Waals surface area contributed by atoms with Crippen LogP contribution in [0.4, 0.5) is 5.69 Å². The first kappa shape index (κ1) is 15.9. The molecule has 120 valence electrons. The van der Waals surface area contributed by atoms with E-state index in [2.05, 4.69) is 5.32 Å². The molecule has 0 spiro atoms. The summed E-state index contributed by atoms with van der Waals surface area (Å²) in [5.74, 6) is 1.62. The number of benzene rings is 1. The first-order valence-electron chi connectivity index (χ1n) is 7.05. The van der Waals surface area contributed by atoms with Crippen molar-refractivity contribution in [2.45, 2.75) is 6.04 Å². The molecular formula is C16H16N2O3S2. The van der Waals surface area contributed by atoms with Crippen molar-refractivity contribution in [3.8, 4) is 5.75 Å². The number of amides is 2. The van der Waals surface area contributed by atoms with Crippen LogP contribution in [0.1, 0.15) is 10.4 Å². The SMILES string of the molecule is COc1ccc(NC(=O)C2CSCN2C(=O)c2ccsc2)cc1. The molecule has 2 amide bonds. The van der Waals surface area contributed by atoms with Gasteiger partial charge in [0, 0.05) is 16.8 Å². The number of thioether (sulfide) groups is 1. The Balaban J connectivity index is 1.69. The maximum atomic E-state index is 12.5. The first-order valence-corrected chi connectivity index (χ1v) is 9.14. The number of hydrogen-bond acceptors (Lipinski definition) is 5. The van der Waals surface area contributed by atoms with Gasteiger partial charge in [-0.05, 0) is 35.7 Å². The molecule has 23 heavy (non-hydrogen) atoms. The van der Waals surface area contributed by atoms with Gasteiger partial charge in [-0.1, -0.05) is 0 Å². The molecule has 1 atom stereocenters. The summed E-state index contributed by atoms with van der Waals surface area (Å²) in [4.78, 5) is 26.6. The van der Waals surface area contributed by atoms with Gasteiger partial charge in [-0.3, -0.25) is 9.59 Å². The van der Waals surface area contributed by atoms with Gasteiger partial charge in [-0.2, -0.15) is 11.3 Å². The van der Waals surface area contributed by atoms with Gasteiger partial charge in [0.15, 0.2) is 0 Å². The zero-order chi connectivity index (χ0) is 16.2. The summed E-state index contributed by atoms with van der Waals surface area (Å²) in [6.45, 7) is 0. The normalized spacial score (nSPS) is 17.1. The fraction of sp³-hybridized carbons (Fsp3) is 0.250. The predicted molar refractivity (Wildman–Crippen MR) is 93.2 cm³/mol. The third-order valence-electron chi connectivity index (χ3n) is 3.57. The Bertz CT molecular complexity index is 686. The van der Waals surface area contributed by atoms with Crippen molar-refractivity contribution in [2.75, 3.05) is 24.1 Å². The van der Waals surface area contributed by atoms with Crippen molar-refractivity contribution in [3.05, 3.63) is 46.7 Å². The van der Waals surface area contributed by atoms with E-state index >= 15 is 0 Å². The van der Waals surface area contributed by atoms with Crippen LogP contribution < -0.4 is 10.1 Å². The van der Waals surface area contributed by atoms with Crippen LogP contribution in [0, 0.1) is 0 Å². The van der Waals surface area contributed by atoms with Gasteiger partial charge in [0.2, 0.25) is 5.91 Å². The van der Waals surface area contributed by atoms with Crippen LogP contribution in [0.25, 0.3) is 0 Å². The third-order valence-corrected chi connectivity index (χ3v) is 5.27. The number of methoxy groups -OCH3 is 1. The molecule has 0 aliphatic carbocycles. The Morgan fingerprint density at radius 2 is 2.04 bits per heavy atom. The molecule has 5 nitrogen and oxygen atoms in total. The fourth-order valence-electron chi connectivity index (χ4n) is 2.31. The average Bonchev–Trinajstić information content (AvgIpc) is 3.26. The first-order chi connectivity index (χ1) is 11.2. The number of nitrogens with one attached hydrogen (secondary N) is 1. The molecule has 1 saturated heterocycles. The summed E-state index contributed by atoms with van der Waals surface area (Å²) in [6.07, 6.45) is 0. The number of rotatable bonds is 4. The maximum Gasteiger partial charge on any atom is 0.256 e. The van der Waals surface area contributed by atoms with E-state index in [1.165, 1.54) is 11.3 Å². The minimum Gasteiger partial charge on any atom is -0.497 e. The minimum absolute atomic E-state index is 0.0915. The molecule has 1 N–H and O–H groups in total. The zero-order valence-corrected chi connectivity index (χ0v) is 14.2. The van der Waals surface area contributed by atoms with Crippen molar-refractivity contribution >= 4 is 40.6 Å². The van der Waals surface area contributed by atoms with E-state index in [-0.39, 0.29) is 11.8 Å². The van der Waals surface area contributed by atoms with Crippen LogP contribution in [-0.4, -0.2) is 41.5 Å². The zero-order valence-electron chi connectivity index (χ0n) is 12.5. The summed E-state index contributed by atoms with van der Waals surface area (Å²) in [6, 6.07) is 8.47. The van der Waals surface area contributed by atoms with E-state index in [0.29, 0.717) is 22.9 Å². The van der Waals surface area contributed by atoms with Gasteiger partial charge >= 0.3 is 0 Å². The Morgan fingerprint density at radius 3 is 2.70 bits per heavy atom. The van der Waals surface area contributed by atoms with E-state index in [1.54, 1.807) is 54.1 Å². The molecule has 2 aromatic rings. The van der Waals surface area contributed by atoms with Gasteiger partial charge in [0.25, 0.3) is 5.91 Å². The van der Waals surface area contributed by atoms with Crippen LogP contribution in [-0.2, 0) is 4.79 Å². The average molecular weight is 348 g/mol. The molecule has 0 radical (unpaired) electrons. The third kappa shape index (κ3) is 3.51. The Kier molecular flexibility index (Phi) is 4.88. The molecule has 1 unspecified atom stereocenters. The van der Waals surface area contributed by atoms with Crippen LogP contribution in [0.3, 0.4) is 0 Å². The minimum atomic E-state index is -0.450. The Hall–Kier alpha value is -1.99. The lowest BCUT2D eigenvalue weighted by molar-refractivity contribution is -0.119. The quantitative estimate of drug-likeness (QED) is 0.923. The molecule has 1 aromatic carbocycles. The largest absolute Gasteiger partial charge is 0.497 e. The molecule has 1 aliphatic rings. The molecule has 1 aliphatic heterocycles. The highest BCUT2D eigenvalue weighted by Crippen LogP contribution is 2.25. The van der Waals surface area contributed by atoms with E-state index in [9.17, 15) is 9.59 Å². The van der Waals surface area contributed by atoms with E-state index < -0.39 is 6.04 Å². The summed E-state index contributed by atoms with van der Waals surface area (Å²) in [5, 5.41) is 6.54. The molecule has 7 heteroatoms. The van der Waals surface area contributed by atoms with Crippen LogP contribution in [0.2, 0.25) is 0 Å². The van der Waals surface area contributed by atoms with E-state index in [0.717, 1.165) is 5.75 Å². The van der Waals surface area contributed by atoms with Crippen molar-refractivity contribution < 1.29 is 14.3 Å². The number of anilines is 1. The van der Waals surface area contributed by atoms with Crippen molar-refractivity contribution in [1.82, 2.24) is 4.90 Å². The Morgan fingerprint density at radius 1 is 1.26 bits per heavy atom. The monoisotopic (exact) mass is 348 g/mol. The van der Waals surface area contributed by atoms with E-state index in [1.807, 2.05) is 10.8 Å². The lowest BCUT2D eigenvalue weighted by atomic mass is 10.2. The second-order valence-electron chi connectivity index (χ2n) is 5.02. The van der Waals surface area contributed by atoms with Gasteiger partial charge in [0.1, 0.15) is 11.8 Å². The molecule has 1 fully saturated rings. The number of nitrogens with zero attached hydrogens (tertiary/aromatic N) is 1. The number of hydrogen-bond donors (Lipinski definition) is 1. The predicted octanol–water partition coefficient (Wildman–Crippen LogP) is 2.91. The highest BCUT2D eigenvalue weighted by molar-refractivity contribution is 7.99. The fourth-order valence-corrected chi connectivity index (χ4v) is 4.10. The Labute approximate surface area is 142 Å². The van der Waals surface area contributed by atoms with Crippen LogP contribution >= 0.6 is 23.1 Å². The van der Waals surface area contributed by atoms with Gasteiger partial charge in [0.05, 0.1) is 18.6 Å². The highest BCUT2D eigenvalue weighted by Gasteiger charge is 2.35. The number of carbonyl (C=O) groups excluding carboxylic acids is 2. The molecule has 3 rings (SSSR count). The maximum absolute atomic E-state index is 12.5. The summed E-state index contributed by atoms with van der Waals surface area (Å²) in [5.41, 5.74) is 1.33. The van der Waals surface area contributed by atoms with Gasteiger partial charge < -0.3 is 15.0 Å². The second-order valence-corrected chi connectivity index (χ2v) is 6.80. The highest BCUT2D eigenvalue weighted by atomic mass is 32.2. The molecule has 1 aromatic heterocycles. The topological polar surface area (TPSA) is 58.6 Å². The van der Waals surface area contributed by atoms with Crippen molar-refractivity contribution in [2.24, 2.45) is 0 Å². The van der Waals surface area contributed by atoms with Gasteiger partial charge in [-0.25, -0.2) is 0 Å². The standard InChI is InChI=1S/C16H16N2O3S2/c1-21-13-4-2-12(3-5-13)17-15(19)14-9-23-10-18(14)16(20)11-6-7-22-8-11/h2-8,14H,9-10H2,1H3,(H,17,19). The molecule has 0 saturated carbocycles. The van der Waals surface area contributed by atoms with Crippen LogP contribution in [0.5, 0.6) is 5.75 Å². The van der Waals surface area contributed by atoms with E-state index in [4.69, 9.17) is 4.74 Å². The lowest BCUT2D eigenvalue weighted by Crippen LogP contribution is -2.44.